The zero-order valence-electron chi connectivity index (χ0n) is 30.3. The van der Waals surface area contributed by atoms with Gasteiger partial charge in [0.05, 0.1) is 33.4 Å². The van der Waals surface area contributed by atoms with Crippen LogP contribution in [-0.4, -0.2) is 74.2 Å². The fourth-order valence-electron chi connectivity index (χ4n) is 5.80. The van der Waals surface area contributed by atoms with E-state index in [4.69, 9.17) is 19.9 Å². The summed E-state index contributed by atoms with van der Waals surface area (Å²) in [5.41, 5.74) is 8.55. The van der Waals surface area contributed by atoms with Gasteiger partial charge in [-0.25, -0.2) is 26.5 Å². The number of methoxy groups -OCH3 is 3. The van der Waals surface area contributed by atoms with Gasteiger partial charge in [0.25, 0.3) is 0 Å². The fraction of sp³-hybridized carbons (Fsp3) is 0.184. The SMILES string of the molecule is [CH2]CNS(=O)(=O)c1ccc(-c2ccc(N)nc2)c(-c2nnn(Cc3ccc(OC)cc3)n2)c1S(=O)(=O)N(Cc1ccc(OC)cc1)Cc1ccc(OC)cc1. The van der Waals surface area contributed by atoms with Gasteiger partial charge in [-0.1, -0.05) is 42.5 Å². The highest BCUT2D eigenvalue weighted by atomic mass is 32.2. The highest BCUT2D eigenvalue weighted by Crippen LogP contribution is 2.41. The van der Waals surface area contributed by atoms with Crippen LogP contribution in [0.4, 0.5) is 5.82 Å². The first kappa shape index (κ1) is 38.8. The summed E-state index contributed by atoms with van der Waals surface area (Å²) in [7, 11) is -4.64. The first-order valence-corrected chi connectivity index (χ1v) is 19.7. The molecule has 0 spiro atoms. The quantitative estimate of drug-likeness (QED) is 0.139. The van der Waals surface area contributed by atoms with Crippen LogP contribution in [0.3, 0.4) is 0 Å². The lowest BCUT2D eigenvalue weighted by molar-refractivity contribution is 0.396. The van der Waals surface area contributed by atoms with Gasteiger partial charge in [0.2, 0.25) is 25.9 Å². The Labute approximate surface area is 319 Å². The summed E-state index contributed by atoms with van der Waals surface area (Å²) in [4.78, 5) is 4.42. The van der Waals surface area contributed by atoms with E-state index in [0.717, 1.165) is 5.56 Å². The minimum absolute atomic E-state index is 0.103. The van der Waals surface area contributed by atoms with Crippen molar-refractivity contribution >= 4 is 25.9 Å². The summed E-state index contributed by atoms with van der Waals surface area (Å²) in [6, 6.07) is 27.0. The molecular formula is C38H39N8O7S2. The Kier molecular flexibility index (Phi) is 11.8. The normalized spacial score (nSPS) is 11.8. The summed E-state index contributed by atoms with van der Waals surface area (Å²) in [6.45, 7) is 3.25. The molecule has 0 saturated carbocycles. The molecule has 0 saturated heterocycles. The van der Waals surface area contributed by atoms with Crippen molar-refractivity contribution in [3.8, 4) is 39.8 Å². The molecule has 17 heteroatoms. The Morgan fingerprint density at radius 3 is 1.78 bits per heavy atom. The maximum atomic E-state index is 15.5. The predicted molar refractivity (Wildman–Crippen MR) is 206 cm³/mol. The molecule has 0 aliphatic rings. The van der Waals surface area contributed by atoms with E-state index in [9.17, 15) is 8.42 Å². The van der Waals surface area contributed by atoms with Crippen LogP contribution < -0.4 is 24.7 Å². The number of nitrogen functional groups attached to an aromatic ring is 1. The van der Waals surface area contributed by atoms with Crippen LogP contribution in [0.1, 0.15) is 16.7 Å². The second-order valence-corrected chi connectivity index (χ2v) is 15.8. The van der Waals surface area contributed by atoms with Crippen molar-refractivity contribution in [1.29, 1.82) is 0 Å². The maximum Gasteiger partial charge on any atom is 0.245 e. The number of nitrogens with two attached hydrogens (primary N) is 1. The lowest BCUT2D eigenvalue weighted by Crippen LogP contribution is -2.33. The second-order valence-electron chi connectivity index (χ2n) is 12.1. The summed E-state index contributed by atoms with van der Waals surface area (Å²) in [5, 5.41) is 13.2. The van der Waals surface area contributed by atoms with Crippen LogP contribution in [0, 0.1) is 6.92 Å². The summed E-state index contributed by atoms with van der Waals surface area (Å²) in [5.74, 6) is 1.91. The van der Waals surface area contributed by atoms with Crippen LogP contribution in [0.15, 0.2) is 113 Å². The molecule has 0 atom stereocenters. The van der Waals surface area contributed by atoms with Gasteiger partial charge in [0.15, 0.2) is 0 Å². The van der Waals surface area contributed by atoms with E-state index in [1.165, 1.54) is 41.7 Å². The van der Waals surface area contributed by atoms with Crippen LogP contribution >= 0.6 is 0 Å². The van der Waals surface area contributed by atoms with Crippen molar-refractivity contribution in [2.45, 2.75) is 29.4 Å². The predicted octanol–water partition coefficient (Wildman–Crippen LogP) is 4.56. The van der Waals surface area contributed by atoms with Gasteiger partial charge in [-0.2, -0.15) is 9.10 Å². The smallest absolute Gasteiger partial charge is 0.245 e. The molecule has 3 N–H and O–H groups in total. The molecule has 0 fully saturated rings. The van der Waals surface area contributed by atoms with E-state index in [0.29, 0.717) is 33.9 Å². The van der Waals surface area contributed by atoms with Crippen molar-refractivity contribution in [3.05, 3.63) is 127 Å². The average molecular weight is 784 g/mol. The largest absolute Gasteiger partial charge is 0.497 e. The van der Waals surface area contributed by atoms with Crippen molar-refractivity contribution in [3.63, 3.8) is 0 Å². The molecule has 0 aliphatic carbocycles. The zero-order chi connectivity index (χ0) is 39.2. The Hall–Kier alpha value is -5.88. The lowest BCUT2D eigenvalue weighted by Gasteiger charge is -2.26. The number of pyridine rings is 1. The molecule has 0 amide bonds. The topological polar surface area (TPSA) is 194 Å². The zero-order valence-corrected chi connectivity index (χ0v) is 31.9. The van der Waals surface area contributed by atoms with Crippen molar-refractivity contribution in [2.24, 2.45) is 0 Å². The number of nitrogens with zero attached hydrogens (tertiary/aromatic N) is 6. The minimum atomic E-state index is -4.78. The number of ether oxygens (including phenoxy) is 3. The number of rotatable bonds is 16. The standard InChI is InChI=1S/C38H39N8O7S2/c1-5-41-54(47,48)34-20-19-33(29-12-21-35(39)40-22-29)36(38-42-44-46(43-38)25-28-10-17-32(53-4)18-11-28)37(34)55(49,50)45(23-26-6-13-30(51-2)14-7-26)24-27-8-15-31(52-3)16-9-27/h6-22,41H,1,5,23-25H2,2-4H3,(H2,39,40). The van der Waals surface area contributed by atoms with Gasteiger partial charge in [0.1, 0.15) is 32.9 Å². The number of sulfonamides is 2. The molecule has 1 radical (unpaired) electrons. The van der Waals surface area contributed by atoms with Gasteiger partial charge in [0, 0.05) is 31.4 Å². The first-order chi connectivity index (χ1) is 26.4. The summed E-state index contributed by atoms with van der Waals surface area (Å²) in [6.07, 6.45) is 1.46. The van der Waals surface area contributed by atoms with Gasteiger partial charge in [-0.15, -0.1) is 10.2 Å². The maximum absolute atomic E-state index is 15.5. The second kappa shape index (κ2) is 16.6. The van der Waals surface area contributed by atoms with Crippen molar-refractivity contribution in [2.75, 3.05) is 33.6 Å². The number of aromatic nitrogens is 5. The lowest BCUT2D eigenvalue weighted by atomic mass is 10.0. The van der Waals surface area contributed by atoms with E-state index < -0.39 is 29.8 Å². The summed E-state index contributed by atoms with van der Waals surface area (Å²) >= 11 is 0. The Bertz CT molecular complexity index is 2410. The Balaban J connectivity index is 1.60. The van der Waals surface area contributed by atoms with Crippen LogP contribution in [-0.2, 0) is 39.7 Å². The number of nitrogens with one attached hydrogen (secondary N) is 1. The third-order valence-corrected chi connectivity index (χ3v) is 12.1. The number of hydrogen-bond acceptors (Lipinski definition) is 12. The van der Waals surface area contributed by atoms with Gasteiger partial charge < -0.3 is 19.9 Å². The highest BCUT2D eigenvalue weighted by molar-refractivity contribution is 7.92. The third kappa shape index (κ3) is 8.76. The molecule has 2 aromatic heterocycles. The molecule has 0 bridgehead atoms. The van der Waals surface area contributed by atoms with Gasteiger partial charge >= 0.3 is 0 Å². The van der Waals surface area contributed by atoms with Crippen LogP contribution in [0.2, 0.25) is 0 Å². The molecule has 0 aliphatic heterocycles. The van der Waals surface area contributed by atoms with Gasteiger partial charge in [-0.3, -0.25) is 0 Å². The Morgan fingerprint density at radius 2 is 1.29 bits per heavy atom. The van der Waals surface area contributed by atoms with Gasteiger partial charge in [-0.05, 0) is 89.0 Å². The van der Waals surface area contributed by atoms with Crippen LogP contribution in [0.5, 0.6) is 17.2 Å². The molecule has 15 nitrogen and oxygen atoms in total. The van der Waals surface area contributed by atoms with Crippen molar-refractivity contribution < 1.29 is 31.0 Å². The number of anilines is 1. The monoisotopic (exact) mass is 783 g/mol. The fourth-order valence-corrected chi connectivity index (χ4v) is 9.14. The van der Waals surface area contributed by atoms with E-state index in [-0.39, 0.29) is 48.9 Å². The Morgan fingerprint density at radius 1 is 0.745 bits per heavy atom. The molecule has 285 valence electrons. The molecule has 6 aromatic rings. The molecule has 2 heterocycles. The average Bonchev–Trinajstić information content (AvgIpc) is 3.66. The minimum Gasteiger partial charge on any atom is -0.497 e. The van der Waals surface area contributed by atoms with E-state index in [2.05, 4.69) is 32.0 Å². The number of tetrazole rings is 1. The van der Waals surface area contributed by atoms with Crippen LogP contribution in [0.25, 0.3) is 22.5 Å². The highest BCUT2D eigenvalue weighted by Gasteiger charge is 2.37. The first-order valence-electron chi connectivity index (χ1n) is 16.8. The molecule has 6 rings (SSSR count). The molecule has 55 heavy (non-hydrogen) atoms. The molecule has 0 unspecified atom stereocenters. The van der Waals surface area contributed by atoms with Crippen molar-refractivity contribution in [1.82, 2.24) is 34.2 Å². The summed E-state index contributed by atoms with van der Waals surface area (Å²) < 4.78 is 78.4. The number of hydrogen-bond donors (Lipinski definition) is 2. The van der Waals surface area contributed by atoms with E-state index in [1.807, 2.05) is 12.1 Å². The molecular weight excluding hydrogens is 745 g/mol. The van der Waals surface area contributed by atoms with E-state index in [1.54, 1.807) is 79.9 Å². The number of benzene rings is 4. The molecule has 4 aromatic carbocycles. The van der Waals surface area contributed by atoms with E-state index >= 15 is 8.42 Å². The third-order valence-electron chi connectivity index (χ3n) is 8.59.